The van der Waals surface area contributed by atoms with E-state index in [4.69, 9.17) is 10.3 Å². The monoisotopic (exact) mass is 416 g/mol. The van der Waals surface area contributed by atoms with E-state index in [1.165, 1.54) is 24.6 Å². The number of nitrogens with one attached hydrogen (secondary N) is 2. The van der Waals surface area contributed by atoms with E-state index in [9.17, 15) is 14.9 Å². The van der Waals surface area contributed by atoms with Gasteiger partial charge in [0.05, 0.1) is 29.7 Å². The van der Waals surface area contributed by atoms with Gasteiger partial charge in [-0.15, -0.1) is 10.2 Å². The Morgan fingerprint density at radius 1 is 1.34 bits per heavy atom. The lowest BCUT2D eigenvalue weighted by molar-refractivity contribution is -0.384. The lowest BCUT2D eigenvalue weighted by atomic mass is 10.2. The molecule has 1 amide bonds. The molecule has 0 saturated heterocycles. The number of aromatic nitrogens is 3. The molecule has 3 aromatic rings. The molecular weight excluding hydrogens is 400 g/mol. The molecule has 3 rings (SSSR count). The van der Waals surface area contributed by atoms with Crippen molar-refractivity contribution in [3.05, 3.63) is 64.1 Å². The summed E-state index contributed by atoms with van der Waals surface area (Å²) in [6.07, 6.45) is 2.99. The number of nitrogens with two attached hydrogens (primary N) is 1. The second-order valence-corrected chi connectivity index (χ2v) is 6.48. The quantitative estimate of drug-likeness (QED) is 0.153. The van der Waals surface area contributed by atoms with Gasteiger partial charge in [-0.3, -0.25) is 14.9 Å². The Hall–Kier alpha value is -3.87. The van der Waals surface area contributed by atoms with Crippen molar-refractivity contribution >= 4 is 35.5 Å². The second-order valence-electron chi connectivity index (χ2n) is 5.54. The average molecular weight is 416 g/mol. The highest BCUT2D eigenvalue weighted by molar-refractivity contribution is 7.99. The van der Waals surface area contributed by atoms with Crippen molar-refractivity contribution in [2.45, 2.75) is 11.7 Å². The molecule has 0 atom stereocenters. The summed E-state index contributed by atoms with van der Waals surface area (Å²) >= 11 is 1.11. The molecule has 12 nitrogen and oxygen atoms in total. The van der Waals surface area contributed by atoms with Crippen LogP contribution in [-0.2, 0) is 11.3 Å². The third-order valence-corrected chi connectivity index (χ3v) is 4.46. The van der Waals surface area contributed by atoms with Crippen molar-refractivity contribution in [1.82, 2.24) is 20.2 Å². The van der Waals surface area contributed by atoms with Gasteiger partial charge in [-0.05, 0) is 29.8 Å². The zero-order valence-electron chi connectivity index (χ0n) is 14.9. The lowest BCUT2D eigenvalue weighted by Crippen LogP contribution is -2.24. The number of carbonyl (C=O) groups excluding carboxylic acids is 1. The highest BCUT2D eigenvalue weighted by atomic mass is 32.2. The van der Waals surface area contributed by atoms with Gasteiger partial charge in [0, 0.05) is 12.1 Å². The minimum absolute atomic E-state index is 0.00771. The van der Waals surface area contributed by atoms with Gasteiger partial charge >= 0.3 is 0 Å². The Kier molecular flexibility index (Phi) is 6.42. The smallest absolute Gasteiger partial charge is 0.269 e. The van der Waals surface area contributed by atoms with Gasteiger partial charge in [-0.1, -0.05) is 11.8 Å². The molecule has 0 aliphatic carbocycles. The van der Waals surface area contributed by atoms with Crippen molar-refractivity contribution in [1.29, 1.82) is 0 Å². The second kappa shape index (κ2) is 9.36. The number of nitro groups is 1. The number of rotatable bonds is 9. The molecule has 0 unspecified atom stereocenters. The molecule has 0 saturated carbocycles. The number of nitro benzene ring substituents is 1. The van der Waals surface area contributed by atoms with Crippen LogP contribution in [0.15, 0.2) is 57.3 Å². The molecule has 2 aromatic heterocycles. The molecule has 4 N–H and O–H groups in total. The van der Waals surface area contributed by atoms with Crippen molar-refractivity contribution in [2.24, 2.45) is 5.10 Å². The Balaban J connectivity index is 1.48. The number of hydrazone groups is 1. The summed E-state index contributed by atoms with van der Waals surface area (Å²) in [4.78, 5) is 22.0. The van der Waals surface area contributed by atoms with Crippen molar-refractivity contribution in [2.75, 3.05) is 17.0 Å². The van der Waals surface area contributed by atoms with Crippen LogP contribution in [0.3, 0.4) is 0 Å². The summed E-state index contributed by atoms with van der Waals surface area (Å²) in [7, 11) is 0. The van der Waals surface area contributed by atoms with E-state index in [-0.39, 0.29) is 23.3 Å². The van der Waals surface area contributed by atoms with Gasteiger partial charge in [0.1, 0.15) is 5.76 Å². The van der Waals surface area contributed by atoms with Crippen LogP contribution in [0.2, 0.25) is 0 Å². The van der Waals surface area contributed by atoms with Gasteiger partial charge < -0.3 is 15.6 Å². The van der Waals surface area contributed by atoms with E-state index in [1.54, 1.807) is 24.3 Å². The minimum atomic E-state index is -0.480. The summed E-state index contributed by atoms with van der Waals surface area (Å²) in [5.74, 6) is 6.60. The first-order valence-corrected chi connectivity index (χ1v) is 9.17. The van der Waals surface area contributed by atoms with Crippen LogP contribution in [0.5, 0.6) is 0 Å². The fourth-order valence-electron chi connectivity index (χ4n) is 2.08. The predicted octanol–water partition coefficient (Wildman–Crippen LogP) is 1.35. The summed E-state index contributed by atoms with van der Waals surface area (Å²) < 4.78 is 6.30. The van der Waals surface area contributed by atoms with Crippen molar-refractivity contribution in [3.63, 3.8) is 0 Å². The fraction of sp³-hybridized carbons (Fsp3) is 0.125. The third-order valence-electron chi connectivity index (χ3n) is 3.52. The first-order valence-electron chi connectivity index (χ1n) is 8.19. The zero-order valence-corrected chi connectivity index (χ0v) is 15.7. The Bertz CT molecular complexity index is 1000. The van der Waals surface area contributed by atoms with Gasteiger partial charge in [-0.2, -0.15) is 5.10 Å². The van der Waals surface area contributed by atoms with Gasteiger partial charge in [0.2, 0.25) is 11.1 Å². The molecule has 0 radical (unpaired) electrons. The summed E-state index contributed by atoms with van der Waals surface area (Å²) in [6, 6.07) is 9.36. The molecule has 0 fully saturated rings. The standard InChI is InChI=1S/C16H16N8O4S/c17-23-15(20-19-8-11-3-5-12(6-4-11)24(26)27)21-22-16(23)29-10-14(25)18-9-13-2-1-7-28-13/h1-8H,9-10,17H2,(H,18,25)(H,20,21)/b19-8+. The number of benzene rings is 1. The van der Waals surface area contributed by atoms with E-state index >= 15 is 0 Å². The molecule has 0 bridgehead atoms. The number of hydrogen-bond donors (Lipinski definition) is 3. The Morgan fingerprint density at radius 2 is 2.14 bits per heavy atom. The molecule has 29 heavy (non-hydrogen) atoms. The maximum Gasteiger partial charge on any atom is 0.269 e. The van der Waals surface area contributed by atoms with Crippen LogP contribution in [-0.4, -0.2) is 37.7 Å². The van der Waals surface area contributed by atoms with Crippen LogP contribution in [0.1, 0.15) is 11.3 Å². The number of nitrogens with zero attached hydrogens (tertiary/aromatic N) is 5. The van der Waals surface area contributed by atoms with Gasteiger partial charge in [-0.25, -0.2) is 10.1 Å². The normalized spacial score (nSPS) is 10.9. The molecule has 0 aliphatic heterocycles. The minimum Gasteiger partial charge on any atom is -0.467 e. The van der Waals surface area contributed by atoms with Crippen LogP contribution in [0, 0.1) is 10.1 Å². The highest BCUT2D eigenvalue weighted by Crippen LogP contribution is 2.16. The first kappa shape index (κ1) is 19.9. The lowest BCUT2D eigenvalue weighted by Gasteiger charge is -2.04. The van der Waals surface area contributed by atoms with E-state index in [0.717, 1.165) is 16.4 Å². The van der Waals surface area contributed by atoms with Crippen molar-refractivity contribution in [3.8, 4) is 0 Å². The molecule has 0 spiro atoms. The fourth-order valence-corrected chi connectivity index (χ4v) is 2.76. The van der Waals surface area contributed by atoms with Crippen LogP contribution < -0.4 is 16.6 Å². The number of furan rings is 1. The maximum atomic E-state index is 11.9. The zero-order chi connectivity index (χ0) is 20.6. The predicted molar refractivity (Wildman–Crippen MR) is 106 cm³/mol. The molecule has 2 heterocycles. The third kappa shape index (κ3) is 5.55. The number of amides is 1. The largest absolute Gasteiger partial charge is 0.467 e. The Morgan fingerprint density at radius 3 is 2.83 bits per heavy atom. The number of non-ortho nitro benzene ring substituents is 1. The summed E-state index contributed by atoms with van der Waals surface area (Å²) in [5.41, 5.74) is 3.26. The van der Waals surface area contributed by atoms with Crippen LogP contribution in [0.4, 0.5) is 11.6 Å². The molecule has 150 valence electrons. The molecule has 0 aliphatic rings. The summed E-state index contributed by atoms with van der Waals surface area (Å²) in [6.45, 7) is 0.297. The van der Waals surface area contributed by atoms with E-state index in [2.05, 4.69) is 26.0 Å². The first-order chi connectivity index (χ1) is 14.0. The molecule has 13 heteroatoms. The average Bonchev–Trinajstić information content (AvgIpc) is 3.36. The van der Waals surface area contributed by atoms with Crippen LogP contribution in [0.25, 0.3) is 0 Å². The number of hydrogen-bond acceptors (Lipinski definition) is 10. The molecular formula is C16H16N8O4S. The molecule has 1 aromatic carbocycles. The Labute approximate surface area is 168 Å². The van der Waals surface area contributed by atoms with Gasteiger partial charge in [0.25, 0.3) is 11.6 Å². The number of nitrogen functional groups attached to an aromatic ring is 1. The number of carbonyl (C=O) groups is 1. The highest BCUT2D eigenvalue weighted by Gasteiger charge is 2.12. The van der Waals surface area contributed by atoms with Gasteiger partial charge in [0.15, 0.2) is 0 Å². The van der Waals surface area contributed by atoms with Crippen LogP contribution >= 0.6 is 11.8 Å². The number of anilines is 1. The summed E-state index contributed by atoms with van der Waals surface area (Å²) in [5, 5.41) is 25.4. The SMILES string of the molecule is Nn1c(N/N=C/c2ccc([N+](=O)[O-])cc2)nnc1SCC(=O)NCc1ccco1. The number of thioether (sulfide) groups is 1. The van der Waals surface area contributed by atoms with E-state index < -0.39 is 4.92 Å². The topological polar surface area (TPSA) is 166 Å². The van der Waals surface area contributed by atoms with Crippen molar-refractivity contribution < 1.29 is 14.1 Å². The maximum absolute atomic E-state index is 11.9. The van der Waals surface area contributed by atoms with E-state index in [1.807, 2.05) is 0 Å². The van der Waals surface area contributed by atoms with E-state index in [0.29, 0.717) is 23.0 Å².